The Hall–Kier alpha value is -1.01. The molecular weight excluding hydrogens is 292 g/mol. The van der Waals surface area contributed by atoms with Gasteiger partial charge in [-0.15, -0.1) is 0 Å². The molecule has 21 heavy (non-hydrogen) atoms. The molecule has 0 atom stereocenters. The minimum atomic E-state index is -1.82. The Bertz CT molecular complexity index is 480. The summed E-state index contributed by atoms with van der Waals surface area (Å²) in [5.41, 5.74) is 1.08. The third-order valence-corrected chi connectivity index (χ3v) is 8.89. The second-order valence-corrected chi connectivity index (χ2v) is 17.1. The van der Waals surface area contributed by atoms with Crippen molar-refractivity contribution >= 4 is 22.4 Å². The van der Waals surface area contributed by atoms with Gasteiger partial charge in [0.25, 0.3) is 0 Å². The van der Waals surface area contributed by atoms with E-state index in [0.717, 1.165) is 11.3 Å². The number of rotatable bonds is 5. The van der Waals surface area contributed by atoms with Crippen LogP contribution in [0.5, 0.6) is 0 Å². The molecule has 0 radical (unpaired) electrons. The quantitative estimate of drug-likeness (QED) is 0.499. The third kappa shape index (κ3) is 5.71. The van der Waals surface area contributed by atoms with Gasteiger partial charge in [-0.3, -0.25) is 0 Å². The van der Waals surface area contributed by atoms with E-state index in [4.69, 9.17) is 8.85 Å². The fourth-order valence-corrected chi connectivity index (χ4v) is 3.04. The van der Waals surface area contributed by atoms with E-state index in [1.807, 2.05) is 24.5 Å². The Labute approximate surface area is 132 Å². The summed E-state index contributed by atoms with van der Waals surface area (Å²) in [6.07, 6.45) is 1.85. The van der Waals surface area contributed by atoms with Crippen LogP contribution >= 0.6 is 0 Å². The molecule has 1 aromatic carbocycles. The van der Waals surface area contributed by atoms with E-state index in [-0.39, 0.29) is 5.04 Å². The monoisotopic (exact) mass is 322 g/mol. The minimum absolute atomic E-state index is 0.185. The zero-order chi connectivity index (χ0) is 16.3. The van der Waals surface area contributed by atoms with Crippen molar-refractivity contribution in [2.24, 2.45) is 0 Å². The highest BCUT2D eigenvalue weighted by atomic mass is 28.4. The number of hydrogen-bond acceptors (Lipinski definition) is 2. The molecule has 0 aliphatic heterocycles. The average Bonchev–Trinajstić information content (AvgIpc) is 2.33. The third-order valence-electron chi connectivity index (χ3n) is 3.74. The van der Waals surface area contributed by atoms with Crippen molar-refractivity contribution in [3.63, 3.8) is 0 Å². The van der Waals surface area contributed by atoms with Crippen molar-refractivity contribution in [2.75, 3.05) is 0 Å². The summed E-state index contributed by atoms with van der Waals surface area (Å²) >= 11 is 0. The summed E-state index contributed by atoms with van der Waals surface area (Å²) in [6, 6.07) is 10.2. The molecule has 0 unspecified atom stereocenters. The maximum absolute atomic E-state index is 6.23. The van der Waals surface area contributed by atoms with Gasteiger partial charge in [0.05, 0.1) is 0 Å². The lowest BCUT2D eigenvalue weighted by atomic mass is 10.2. The highest BCUT2D eigenvalue weighted by Gasteiger charge is 2.38. The van der Waals surface area contributed by atoms with Crippen LogP contribution in [-0.2, 0) is 8.85 Å². The largest absolute Gasteiger partial charge is 0.546 e. The molecule has 0 spiro atoms. The standard InChI is InChI=1S/C17H30O2Si2/c1-17(2,3)21(7,8)18-14-16(19-20(4,5)6)15-12-10-9-11-13-15/h9-14H,1-8H3/b16-14-. The van der Waals surface area contributed by atoms with Gasteiger partial charge in [-0.05, 0) is 37.8 Å². The first-order valence-corrected chi connectivity index (χ1v) is 13.9. The van der Waals surface area contributed by atoms with Crippen LogP contribution in [0.3, 0.4) is 0 Å². The van der Waals surface area contributed by atoms with E-state index >= 15 is 0 Å². The maximum Gasteiger partial charge on any atom is 0.249 e. The summed E-state index contributed by atoms with van der Waals surface area (Å²) in [5.74, 6) is 0.861. The molecule has 0 N–H and O–H groups in total. The van der Waals surface area contributed by atoms with Crippen LogP contribution in [-0.4, -0.2) is 16.6 Å². The number of benzene rings is 1. The molecule has 1 aromatic rings. The van der Waals surface area contributed by atoms with Gasteiger partial charge in [-0.25, -0.2) is 0 Å². The molecular formula is C17H30O2Si2. The van der Waals surface area contributed by atoms with E-state index in [0.29, 0.717) is 0 Å². The Kier molecular flexibility index (Phi) is 5.50. The highest BCUT2D eigenvalue weighted by molar-refractivity contribution is 6.74. The molecule has 0 aliphatic carbocycles. The molecule has 0 fully saturated rings. The molecule has 0 bridgehead atoms. The first-order valence-electron chi connectivity index (χ1n) is 7.55. The Balaban J connectivity index is 3.06. The SMILES string of the molecule is CC(C)(C)[Si](C)(C)O/C=C(\O[Si](C)(C)C)c1ccccc1. The molecule has 4 heteroatoms. The lowest BCUT2D eigenvalue weighted by molar-refractivity contribution is 0.409. The average molecular weight is 323 g/mol. The number of hydrogen-bond donors (Lipinski definition) is 0. The molecule has 0 heterocycles. The van der Waals surface area contributed by atoms with Gasteiger partial charge in [-0.2, -0.15) is 0 Å². The van der Waals surface area contributed by atoms with Crippen LogP contribution in [0.25, 0.3) is 5.76 Å². The van der Waals surface area contributed by atoms with E-state index in [9.17, 15) is 0 Å². The molecule has 1 rings (SSSR count). The zero-order valence-electron chi connectivity index (χ0n) is 14.8. The molecule has 0 aliphatic rings. The first kappa shape index (κ1) is 18.0. The van der Waals surface area contributed by atoms with Crippen LogP contribution in [0, 0.1) is 0 Å². The van der Waals surface area contributed by atoms with Crippen LogP contribution in [0.4, 0.5) is 0 Å². The second kappa shape index (κ2) is 6.40. The molecule has 0 aromatic heterocycles. The van der Waals surface area contributed by atoms with Gasteiger partial charge in [0.15, 0.2) is 0 Å². The Morgan fingerprint density at radius 3 is 1.90 bits per heavy atom. The van der Waals surface area contributed by atoms with Gasteiger partial charge in [-0.1, -0.05) is 51.1 Å². The van der Waals surface area contributed by atoms with Gasteiger partial charge >= 0.3 is 0 Å². The smallest absolute Gasteiger partial charge is 0.249 e. The van der Waals surface area contributed by atoms with Crippen molar-refractivity contribution in [3.05, 3.63) is 42.2 Å². The summed E-state index contributed by atoms with van der Waals surface area (Å²) in [4.78, 5) is 0. The van der Waals surface area contributed by atoms with Gasteiger partial charge in [0.2, 0.25) is 16.6 Å². The predicted octanol–water partition coefficient (Wildman–Crippen LogP) is 5.86. The summed E-state index contributed by atoms with van der Waals surface area (Å²) < 4.78 is 12.5. The highest BCUT2D eigenvalue weighted by Crippen LogP contribution is 2.37. The van der Waals surface area contributed by atoms with E-state index in [1.165, 1.54) is 0 Å². The van der Waals surface area contributed by atoms with Crippen LogP contribution in [0.1, 0.15) is 26.3 Å². The van der Waals surface area contributed by atoms with Crippen molar-refractivity contribution in [1.82, 2.24) is 0 Å². The second-order valence-electron chi connectivity index (χ2n) is 7.94. The summed E-state index contributed by atoms with van der Waals surface area (Å²) in [5, 5.41) is 0.185. The fraction of sp³-hybridized carbons (Fsp3) is 0.529. The molecule has 0 saturated heterocycles. The van der Waals surface area contributed by atoms with Crippen molar-refractivity contribution in [3.8, 4) is 0 Å². The van der Waals surface area contributed by atoms with Gasteiger partial charge in [0.1, 0.15) is 12.0 Å². The molecule has 2 nitrogen and oxygen atoms in total. The lowest BCUT2D eigenvalue weighted by Crippen LogP contribution is -2.39. The Morgan fingerprint density at radius 1 is 0.952 bits per heavy atom. The van der Waals surface area contributed by atoms with Crippen LogP contribution in [0.15, 0.2) is 36.6 Å². The minimum Gasteiger partial charge on any atom is -0.546 e. The summed E-state index contributed by atoms with van der Waals surface area (Å²) in [6.45, 7) is 17.8. The van der Waals surface area contributed by atoms with Gasteiger partial charge < -0.3 is 8.85 Å². The molecule has 0 saturated carbocycles. The fourth-order valence-electron chi connectivity index (χ4n) is 1.46. The van der Waals surface area contributed by atoms with Crippen molar-refractivity contribution in [2.45, 2.75) is 58.5 Å². The van der Waals surface area contributed by atoms with Crippen molar-refractivity contribution < 1.29 is 8.85 Å². The van der Waals surface area contributed by atoms with Crippen LogP contribution in [0.2, 0.25) is 37.8 Å². The topological polar surface area (TPSA) is 18.5 Å². The van der Waals surface area contributed by atoms with E-state index < -0.39 is 16.6 Å². The molecule has 118 valence electrons. The zero-order valence-corrected chi connectivity index (χ0v) is 16.8. The molecule has 0 amide bonds. The normalized spacial score (nSPS) is 14.0. The van der Waals surface area contributed by atoms with Gasteiger partial charge in [0, 0.05) is 5.56 Å². The summed E-state index contributed by atoms with van der Waals surface area (Å²) in [7, 11) is -3.50. The predicted molar refractivity (Wildman–Crippen MR) is 97.1 cm³/mol. The van der Waals surface area contributed by atoms with Crippen LogP contribution < -0.4 is 0 Å². The van der Waals surface area contributed by atoms with Crippen molar-refractivity contribution in [1.29, 1.82) is 0 Å². The Morgan fingerprint density at radius 2 is 1.48 bits per heavy atom. The van der Waals surface area contributed by atoms with E-state index in [2.05, 4.69) is 65.6 Å². The van der Waals surface area contributed by atoms with E-state index in [1.54, 1.807) is 0 Å². The lowest BCUT2D eigenvalue weighted by Gasteiger charge is -2.35. The first-order chi connectivity index (χ1) is 9.42. The maximum atomic E-state index is 6.23.